The summed E-state index contributed by atoms with van der Waals surface area (Å²) in [6.45, 7) is 6.57. The van der Waals surface area contributed by atoms with Crippen LogP contribution in [0.5, 0.6) is 0 Å². The van der Waals surface area contributed by atoms with Gasteiger partial charge in [-0.1, -0.05) is 54.5 Å². The lowest BCUT2D eigenvalue weighted by Gasteiger charge is -2.33. The number of benzene rings is 2. The molecule has 2 heteroatoms. The van der Waals surface area contributed by atoms with Gasteiger partial charge in [-0.25, -0.2) is 4.39 Å². The van der Waals surface area contributed by atoms with E-state index in [1.807, 2.05) is 12.1 Å². The average molecular weight is 335 g/mol. The number of allylic oxidation sites excluding steroid dienone is 1. The van der Waals surface area contributed by atoms with E-state index in [0.717, 1.165) is 37.9 Å². The quantitative estimate of drug-likeness (QED) is 0.698. The first-order valence-corrected chi connectivity index (χ1v) is 9.25. The molecule has 25 heavy (non-hydrogen) atoms. The van der Waals surface area contributed by atoms with Crippen LogP contribution in [-0.2, 0) is 11.8 Å². The Morgan fingerprint density at radius 3 is 2.48 bits per heavy atom. The second-order valence-electron chi connectivity index (χ2n) is 7.93. The number of rotatable bonds is 1. The maximum atomic E-state index is 14.8. The number of nitrogens with zero attached hydrogens (tertiary/aromatic N) is 1. The smallest absolute Gasteiger partial charge is 0.127 e. The fourth-order valence-electron chi connectivity index (χ4n) is 4.70. The van der Waals surface area contributed by atoms with E-state index in [-0.39, 0.29) is 11.2 Å². The number of halogens is 1. The molecule has 1 saturated heterocycles. The molecule has 1 unspecified atom stereocenters. The van der Waals surface area contributed by atoms with Crippen molar-refractivity contribution >= 4 is 5.57 Å². The van der Waals surface area contributed by atoms with E-state index in [0.29, 0.717) is 0 Å². The van der Waals surface area contributed by atoms with Gasteiger partial charge < -0.3 is 4.90 Å². The first-order chi connectivity index (χ1) is 12.0. The van der Waals surface area contributed by atoms with Gasteiger partial charge in [-0.3, -0.25) is 0 Å². The minimum atomic E-state index is -0.271. The van der Waals surface area contributed by atoms with Crippen molar-refractivity contribution in [2.45, 2.75) is 38.5 Å². The number of hydrogen-bond donors (Lipinski definition) is 0. The fourth-order valence-corrected chi connectivity index (χ4v) is 4.70. The second kappa shape index (κ2) is 6.10. The van der Waals surface area contributed by atoms with E-state index in [4.69, 9.17) is 0 Å². The third-order valence-electron chi connectivity index (χ3n) is 6.04. The number of hydrogen-bond acceptors (Lipinski definition) is 1. The van der Waals surface area contributed by atoms with Gasteiger partial charge in [0.2, 0.25) is 0 Å². The summed E-state index contributed by atoms with van der Waals surface area (Å²) in [6.07, 6.45) is 3.06. The van der Waals surface area contributed by atoms with E-state index in [2.05, 4.69) is 44.0 Å². The Kier molecular flexibility index (Phi) is 4.04. The van der Waals surface area contributed by atoms with Gasteiger partial charge >= 0.3 is 0 Å². The summed E-state index contributed by atoms with van der Waals surface area (Å²) in [5.74, 6) is -0.0828. The van der Waals surface area contributed by atoms with Crippen molar-refractivity contribution in [3.05, 3.63) is 76.1 Å². The number of piperidine rings is 1. The molecule has 1 aliphatic carbocycles. The van der Waals surface area contributed by atoms with E-state index < -0.39 is 0 Å². The lowest BCUT2D eigenvalue weighted by molar-refractivity contribution is 0.312. The Balaban J connectivity index is 1.93. The number of aryl methyl sites for hydroxylation is 1. The largest absolute Gasteiger partial charge is 0.306 e. The molecule has 4 rings (SSSR count). The molecule has 1 atom stereocenters. The van der Waals surface area contributed by atoms with Crippen molar-refractivity contribution in [1.29, 1.82) is 0 Å². The maximum absolute atomic E-state index is 14.8. The second-order valence-corrected chi connectivity index (χ2v) is 7.93. The topological polar surface area (TPSA) is 3.24 Å². The van der Waals surface area contributed by atoms with Crippen LogP contribution < -0.4 is 0 Å². The molecule has 0 radical (unpaired) electrons. The molecule has 0 amide bonds. The Hall–Kier alpha value is -1.93. The molecule has 1 aliphatic heterocycles. The van der Waals surface area contributed by atoms with Crippen LogP contribution in [0.3, 0.4) is 0 Å². The minimum Gasteiger partial charge on any atom is -0.306 e. The Morgan fingerprint density at radius 2 is 1.76 bits per heavy atom. The van der Waals surface area contributed by atoms with Gasteiger partial charge in [-0.15, -0.1) is 0 Å². The van der Waals surface area contributed by atoms with Gasteiger partial charge in [0.05, 0.1) is 0 Å². The standard InChI is InChI=1S/C23H26FN/c1-16-8-9-18-15-23(2,20-6-4-5-7-21(20)24)22(19(18)14-16)17-10-12-25(3)13-11-17/h4-9,14H,10-13,15H2,1-3H3. The van der Waals surface area contributed by atoms with E-state index in [1.54, 1.807) is 12.1 Å². The summed E-state index contributed by atoms with van der Waals surface area (Å²) in [4.78, 5) is 2.39. The number of likely N-dealkylation sites (tertiary alicyclic amines) is 1. The van der Waals surface area contributed by atoms with E-state index >= 15 is 0 Å². The molecular formula is C23H26FN. The van der Waals surface area contributed by atoms with Crippen molar-refractivity contribution < 1.29 is 4.39 Å². The van der Waals surface area contributed by atoms with Crippen LogP contribution in [0.4, 0.5) is 4.39 Å². The zero-order valence-electron chi connectivity index (χ0n) is 15.4. The summed E-state index contributed by atoms with van der Waals surface area (Å²) >= 11 is 0. The summed E-state index contributed by atoms with van der Waals surface area (Å²) in [5, 5.41) is 0. The van der Waals surface area contributed by atoms with Crippen molar-refractivity contribution in [1.82, 2.24) is 4.90 Å². The third-order valence-corrected chi connectivity index (χ3v) is 6.04. The van der Waals surface area contributed by atoms with Gasteiger partial charge in [0, 0.05) is 18.5 Å². The van der Waals surface area contributed by atoms with Crippen LogP contribution in [0.15, 0.2) is 48.0 Å². The molecular weight excluding hydrogens is 309 g/mol. The molecule has 1 heterocycles. The lowest BCUT2D eigenvalue weighted by Crippen LogP contribution is -2.30. The molecule has 0 bridgehead atoms. The van der Waals surface area contributed by atoms with Crippen LogP contribution in [0.25, 0.3) is 5.57 Å². The zero-order valence-corrected chi connectivity index (χ0v) is 15.4. The number of fused-ring (bicyclic) bond motifs is 1. The molecule has 2 aromatic rings. The highest BCUT2D eigenvalue weighted by molar-refractivity contribution is 5.84. The molecule has 2 aliphatic rings. The molecule has 1 fully saturated rings. The van der Waals surface area contributed by atoms with Gasteiger partial charge in [0.15, 0.2) is 0 Å². The summed E-state index contributed by atoms with van der Waals surface area (Å²) in [6, 6.07) is 14.1. The highest BCUT2D eigenvalue weighted by Crippen LogP contribution is 2.51. The van der Waals surface area contributed by atoms with E-state index in [1.165, 1.54) is 27.8 Å². The van der Waals surface area contributed by atoms with Crippen LogP contribution in [0, 0.1) is 12.7 Å². The predicted octanol–water partition coefficient (Wildman–Crippen LogP) is 5.13. The van der Waals surface area contributed by atoms with E-state index in [9.17, 15) is 4.39 Å². The van der Waals surface area contributed by atoms with Crippen molar-refractivity contribution in [3.63, 3.8) is 0 Å². The molecule has 0 spiro atoms. The normalized spacial score (nSPS) is 23.8. The molecule has 0 saturated carbocycles. The molecule has 1 nitrogen and oxygen atoms in total. The van der Waals surface area contributed by atoms with Gasteiger partial charge in [-0.2, -0.15) is 0 Å². The fraction of sp³-hybridized carbons (Fsp3) is 0.391. The van der Waals surface area contributed by atoms with Gasteiger partial charge in [-0.05, 0) is 61.6 Å². The third kappa shape index (κ3) is 2.73. The zero-order chi connectivity index (χ0) is 17.6. The van der Waals surface area contributed by atoms with Crippen molar-refractivity contribution in [2.24, 2.45) is 0 Å². The average Bonchev–Trinajstić information content (AvgIpc) is 2.88. The highest BCUT2D eigenvalue weighted by Gasteiger charge is 2.42. The highest BCUT2D eigenvalue weighted by atomic mass is 19.1. The molecule has 2 aromatic carbocycles. The van der Waals surface area contributed by atoms with Crippen LogP contribution in [0.1, 0.15) is 42.0 Å². The molecule has 0 aromatic heterocycles. The Bertz CT molecular complexity index is 841. The predicted molar refractivity (Wildman–Crippen MR) is 102 cm³/mol. The Labute approximate surface area is 150 Å². The lowest BCUT2D eigenvalue weighted by atomic mass is 9.73. The summed E-state index contributed by atoms with van der Waals surface area (Å²) in [5.41, 5.74) is 7.47. The van der Waals surface area contributed by atoms with Gasteiger partial charge in [0.25, 0.3) is 0 Å². The minimum absolute atomic E-state index is 0.0828. The summed E-state index contributed by atoms with van der Waals surface area (Å²) in [7, 11) is 2.18. The van der Waals surface area contributed by atoms with Crippen LogP contribution >= 0.6 is 0 Å². The Morgan fingerprint density at radius 1 is 1.04 bits per heavy atom. The first-order valence-electron chi connectivity index (χ1n) is 9.25. The first kappa shape index (κ1) is 16.5. The molecule has 0 N–H and O–H groups in total. The SMILES string of the molecule is Cc1ccc2c(c1)C(=C1CCN(C)CC1)C(C)(c1ccccc1F)C2. The molecule has 130 valence electrons. The maximum Gasteiger partial charge on any atom is 0.127 e. The van der Waals surface area contributed by atoms with Gasteiger partial charge in [0.1, 0.15) is 5.82 Å². The van der Waals surface area contributed by atoms with Crippen LogP contribution in [-0.4, -0.2) is 25.0 Å². The monoisotopic (exact) mass is 335 g/mol. The summed E-state index contributed by atoms with van der Waals surface area (Å²) < 4.78 is 14.8. The van der Waals surface area contributed by atoms with Crippen molar-refractivity contribution in [2.75, 3.05) is 20.1 Å². The van der Waals surface area contributed by atoms with Crippen LogP contribution in [0.2, 0.25) is 0 Å². The van der Waals surface area contributed by atoms with Crippen molar-refractivity contribution in [3.8, 4) is 0 Å².